The fourth-order valence-corrected chi connectivity index (χ4v) is 4.02. The van der Waals surface area contributed by atoms with Crippen LogP contribution in [0.15, 0.2) is 12.1 Å². The van der Waals surface area contributed by atoms with E-state index in [1.807, 2.05) is 0 Å². The summed E-state index contributed by atoms with van der Waals surface area (Å²) in [4.78, 5) is 25.2. The summed E-state index contributed by atoms with van der Waals surface area (Å²) >= 11 is 0. The summed E-state index contributed by atoms with van der Waals surface area (Å²) in [5.41, 5.74) is 4.68. The predicted octanol–water partition coefficient (Wildman–Crippen LogP) is 0.642. The van der Waals surface area contributed by atoms with Gasteiger partial charge < -0.3 is 15.4 Å². The largest absolute Gasteiger partial charge is 0.434 e. The van der Waals surface area contributed by atoms with Crippen molar-refractivity contribution in [1.82, 2.24) is 0 Å². The highest BCUT2D eigenvalue weighted by molar-refractivity contribution is 7.92. The minimum Gasteiger partial charge on any atom is -0.434 e. The van der Waals surface area contributed by atoms with Crippen molar-refractivity contribution < 1.29 is 27.3 Å². The molecule has 3 rings (SSSR count). The molecule has 3 N–H and O–H groups in total. The Morgan fingerprint density at radius 2 is 1.84 bits per heavy atom. The summed E-state index contributed by atoms with van der Waals surface area (Å²) in [5.74, 6) is -2.58. The number of anilines is 2. The van der Waals surface area contributed by atoms with Crippen LogP contribution in [0.25, 0.3) is 0 Å². The molecule has 0 saturated carbocycles. The second kappa shape index (κ2) is 6.14. The van der Waals surface area contributed by atoms with Crippen LogP contribution < -0.4 is 15.5 Å². The van der Waals surface area contributed by atoms with Gasteiger partial charge in [-0.3, -0.25) is 14.5 Å². The molecule has 136 valence electrons. The van der Waals surface area contributed by atoms with Gasteiger partial charge >= 0.3 is 6.09 Å². The van der Waals surface area contributed by atoms with Crippen molar-refractivity contribution in [2.45, 2.75) is 6.10 Å². The number of nitrogens with two attached hydrogens (primary N) is 1. The Bertz CT molecular complexity index is 808. The number of nitrogens with one attached hydrogen (secondary N) is 1. The van der Waals surface area contributed by atoms with E-state index >= 15 is 0 Å². The summed E-state index contributed by atoms with van der Waals surface area (Å²) < 4.78 is 52.8. The highest BCUT2D eigenvalue weighted by Crippen LogP contribution is 2.31. The lowest BCUT2D eigenvalue weighted by atomic mass is 10.2. The molecule has 0 radical (unpaired) electrons. The molecule has 1 aromatic carbocycles. The van der Waals surface area contributed by atoms with Gasteiger partial charge in [-0.25, -0.2) is 17.8 Å². The van der Waals surface area contributed by atoms with Gasteiger partial charge in [0.25, 0.3) is 5.91 Å². The van der Waals surface area contributed by atoms with Gasteiger partial charge in [-0.2, -0.15) is 0 Å². The van der Waals surface area contributed by atoms with Gasteiger partial charge in [0.05, 0.1) is 12.2 Å². The molecule has 11 heteroatoms. The number of ether oxygens (including phenoxy) is 1. The number of cyclic esters (lactones) is 1. The van der Waals surface area contributed by atoms with Gasteiger partial charge in [-0.05, 0) is 0 Å². The lowest BCUT2D eigenvalue weighted by Gasteiger charge is -2.30. The predicted molar refractivity (Wildman–Crippen MR) is 86.0 cm³/mol. The fourth-order valence-electron chi connectivity index (χ4n) is 2.78. The van der Waals surface area contributed by atoms with Crippen molar-refractivity contribution in [3.63, 3.8) is 0 Å². The van der Waals surface area contributed by atoms with Crippen molar-refractivity contribution in [3.05, 3.63) is 23.8 Å². The highest BCUT2D eigenvalue weighted by Gasteiger charge is 2.37. The molecule has 0 unspecified atom stereocenters. The average Bonchev–Trinajstić information content (AvgIpc) is 2.90. The highest BCUT2D eigenvalue weighted by atomic mass is 32.2. The van der Waals surface area contributed by atoms with E-state index in [4.69, 9.17) is 15.3 Å². The third-order valence-electron chi connectivity index (χ3n) is 4.14. The molecule has 8 nitrogen and oxygen atoms in total. The van der Waals surface area contributed by atoms with Crippen LogP contribution in [0.3, 0.4) is 0 Å². The van der Waals surface area contributed by atoms with Gasteiger partial charge in [0.2, 0.25) is 0 Å². The normalized spacial score (nSPS) is 22.8. The van der Waals surface area contributed by atoms with Gasteiger partial charge in [-0.15, -0.1) is 0 Å². The minimum atomic E-state index is -2.69. The first-order valence-corrected chi connectivity index (χ1v) is 9.33. The molecule has 25 heavy (non-hydrogen) atoms. The lowest BCUT2D eigenvalue weighted by Crippen LogP contribution is -2.40. The average molecular weight is 374 g/mol. The maximum absolute atomic E-state index is 14.5. The van der Waals surface area contributed by atoms with E-state index in [1.54, 1.807) is 0 Å². The van der Waals surface area contributed by atoms with Crippen LogP contribution in [0.4, 0.5) is 25.0 Å². The molecule has 0 aromatic heterocycles. The van der Waals surface area contributed by atoms with Gasteiger partial charge in [0.1, 0.15) is 5.69 Å². The molecular formula is C14H16F2N4O4S. The van der Waals surface area contributed by atoms with Crippen LogP contribution in [-0.2, 0) is 19.3 Å². The maximum Gasteiger partial charge on any atom is 0.415 e. The minimum absolute atomic E-state index is 0.0341. The molecule has 1 aromatic rings. The number of hydrogen-bond donors (Lipinski definition) is 2. The Morgan fingerprint density at radius 1 is 1.28 bits per heavy atom. The fraction of sp³-hybridized carbons (Fsp3) is 0.429. The van der Waals surface area contributed by atoms with E-state index in [1.165, 1.54) is 4.90 Å². The van der Waals surface area contributed by atoms with E-state index in [-0.39, 0.29) is 42.5 Å². The number of nitrogens with zero attached hydrogens (tertiary/aromatic N) is 2. The smallest absolute Gasteiger partial charge is 0.415 e. The number of amides is 2. The van der Waals surface area contributed by atoms with Crippen molar-refractivity contribution in [1.29, 1.82) is 4.78 Å². The van der Waals surface area contributed by atoms with Crippen LogP contribution >= 0.6 is 0 Å². The standard InChI is InChI=1S/C14H16F2N4O4S/c15-9-5-8(20-7-11(13(17)21)24-14(20)22)6-10(16)12(9)19-1-3-25(18,23)4-2-19/h5-6,11,18H,1-4,7H2,(H2,17,21)/t11-/m1/s1. The molecule has 1 atom stereocenters. The van der Waals surface area contributed by atoms with Crippen molar-refractivity contribution in [2.24, 2.45) is 5.73 Å². The van der Waals surface area contributed by atoms with E-state index in [0.29, 0.717) is 0 Å². The zero-order chi connectivity index (χ0) is 18.4. The monoisotopic (exact) mass is 374 g/mol. The molecular weight excluding hydrogens is 358 g/mol. The summed E-state index contributed by atoms with van der Waals surface area (Å²) in [6.07, 6.45) is -2.09. The van der Waals surface area contributed by atoms with E-state index in [0.717, 1.165) is 17.0 Å². The topological polar surface area (TPSA) is 117 Å². The van der Waals surface area contributed by atoms with Crippen molar-refractivity contribution in [3.8, 4) is 0 Å². The van der Waals surface area contributed by atoms with Gasteiger partial charge in [-0.1, -0.05) is 0 Å². The quantitative estimate of drug-likeness (QED) is 0.805. The third-order valence-corrected chi connectivity index (χ3v) is 5.82. The first-order chi connectivity index (χ1) is 11.7. The van der Waals surface area contributed by atoms with Crippen molar-refractivity contribution >= 4 is 33.1 Å². The number of carbonyl (C=O) groups is 2. The van der Waals surface area contributed by atoms with Crippen LogP contribution in [0.2, 0.25) is 0 Å². The van der Waals surface area contributed by atoms with Crippen LogP contribution in [-0.4, -0.2) is 53.5 Å². The summed E-state index contributed by atoms with van der Waals surface area (Å²) in [7, 11) is -2.69. The molecule has 2 saturated heterocycles. The first kappa shape index (κ1) is 17.4. The second-order valence-corrected chi connectivity index (χ2v) is 8.29. The molecule has 2 amide bonds. The van der Waals surface area contributed by atoms with Gasteiger partial charge in [0, 0.05) is 46.5 Å². The Labute approximate surface area is 142 Å². The zero-order valence-corrected chi connectivity index (χ0v) is 13.9. The Morgan fingerprint density at radius 3 is 2.32 bits per heavy atom. The van der Waals surface area contributed by atoms with Crippen molar-refractivity contribution in [2.75, 3.05) is 40.9 Å². The summed E-state index contributed by atoms with van der Waals surface area (Å²) in [6.45, 7) is -0.0208. The van der Waals surface area contributed by atoms with Gasteiger partial charge in [0.15, 0.2) is 17.7 Å². The second-order valence-electron chi connectivity index (χ2n) is 5.85. The molecule has 0 spiro atoms. The number of halogens is 2. The zero-order valence-electron chi connectivity index (χ0n) is 13.0. The Balaban J connectivity index is 1.86. The summed E-state index contributed by atoms with van der Waals surface area (Å²) in [5, 5.41) is 0. The van der Waals surface area contributed by atoms with Crippen LogP contribution in [0.1, 0.15) is 0 Å². The number of primary amides is 1. The molecule has 0 aliphatic carbocycles. The number of rotatable bonds is 3. The molecule has 2 aliphatic heterocycles. The Hall–Kier alpha value is -2.43. The third kappa shape index (κ3) is 3.36. The first-order valence-electron chi connectivity index (χ1n) is 7.43. The Kier molecular flexibility index (Phi) is 4.27. The van der Waals surface area contributed by atoms with E-state index in [9.17, 15) is 22.6 Å². The lowest BCUT2D eigenvalue weighted by molar-refractivity contribution is -0.124. The van der Waals surface area contributed by atoms with Crippen LogP contribution in [0, 0.1) is 16.4 Å². The van der Waals surface area contributed by atoms with Crippen LogP contribution in [0.5, 0.6) is 0 Å². The molecule has 2 heterocycles. The number of carbonyl (C=O) groups excluding carboxylic acids is 2. The maximum atomic E-state index is 14.5. The van der Waals surface area contributed by atoms with E-state index in [2.05, 4.69) is 0 Å². The number of hydrogen-bond acceptors (Lipinski definition) is 6. The number of benzene rings is 1. The van der Waals surface area contributed by atoms with E-state index < -0.39 is 39.5 Å². The molecule has 0 bridgehead atoms. The molecule has 2 aliphatic rings. The SMILES string of the molecule is N=S1(=O)CCN(c2c(F)cc(N3C[C@H](C(N)=O)OC3=O)cc2F)CC1. The summed E-state index contributed by atoms with van der Waals surface area (Å²) in [6, 6.07) is 1.94. The molecule has 2 fully saturated rings.